The van der Waals surface area contributed by atoms with Gasteiger partial charge in [-0.25, -0.2) is 0 Å². The quantitative estimate of drug-likeness (QED) is 0.362. The Bertz CT molecular complexity index is 1290. The minimum atomic E-state index is -0.223. The SMILES string of the molecule is COc1ccccc1-c1nnc(SCC(=O)Nc2cc(C(C)(C)C)no2)n1-c1ccc(C)cc1. The number of hydrogen-bond donors (Lipinski definition) is 1. The van der Waals surface area contributed by atoms with Crippen LogP contribution >= 0.6 is 11.8 Å². The van der Waals surface area contributed by atoms with Crippen molar-refractivity contribution in [2.24, 2.45) is 0 Å². The van der Waals surface area contributed by atoms with Crippen LogP contribution in [-0.2, 0) is 10.2 Å². The lowest BCUT2D eigenvalue weighted by Gasteiger charge is -2.12. The van der Waals surface area contributed by atoms with Crippen LogP contribution in [0, 0.1) is 6.92 Å². The van der Waals surface area contributed by atoms with Crippen LogP contribution in [0.15, 0.2) is 64.3 Å². The van der Waals surface area contributed by atoms with E-state index in [4.69, 9.17) is 9.26 Å². The van der Waals surface area contributed by atoms with Crippen LogP contribution in [0.4, 0.5) is 5.88 Å². The number of nitrogens with zero attached hydrogens (tertiary/aromatic N) is 4. The van der Waals surface area contributed by atoms with E-state index in [2.05, 4.69) is 20.7 Å². The molecule has 4 rings (SSSR count). The summed E-state index contributed by atoms with van der Waals surface area (Å²) < 4.78 is 12.7. The summed E-state index contributed by atoms with van der Waals surface area (Å²) in [6.45, 7) is 8.13. The highest BCUT2D eigenvalue weighted by atomic mass is 32.2. The van der Waals surface area contributed by atoms with Crippen molar-refractivity contribution in [3.05, 3.63) is 65.9 Å². The van der Waals surface area contributed by atoms with Crippen molar-refractivity contribution in [1.29, 1.82) is 0 Å². The van der Waals surface area contributed by atoms with Gasteiger partial charge in [-0.3, -0.25) is 14.7 Å². The molecule has 0 atom stereocenters. The molecule has 0 saturated heterocycles. The van der Waals surface area contributed by atoms with E-state index < -0.39 is 0 Å². The first-order valence-corrected chi connectivity index (χ1v) is 11.8. The zero-order valence-corrected chi connectivity index (χ0v) is 20.6. The number of rotatable bonds is 7. The molecule has 0 unspecified atom stereocenters. The maximum atomic E-state index is 12.6. The highest BCUT2D eigenvalue weighted by Gasteiger charge is 2.22. The zero-order valence-electron chi connectivity index (χ0n) is 19.8. The van der Waals surface area contributed by atoms with Crippen molar-refractivity contribution < 1.29 is 14.1 Å². The maximum absolute atomic E-state index is 12.6. The number of nitrogens with one attached hydrogen (secondary N) is 1. The Hall–Kier alpha value is -3.59. The van der Waals surface area contributed by atoms with E-state index in [9.17, 15) is 4.79 Å². The number of methoxy groups -OCH3 is 1. The Balaban J connectivity index is 1.59. The fourth-order valence-corrected chi connectivity index (χ4v) is 4.04. The highest BCUT2D eigenvalue weighted by molar-refractivity contribution is 7.99. The molecule has 2 aromatic carbocycles. The number of ether oxygens (including phenoxy) is 1. The first kappa shape index (κ1) is 23.6. The van der Waals surface area contributed by atoms with Gasteiger partial charge in [-0.05, 0) is 31.2 Å². The summed E-state index contributed by atoms with van der Waals surface area (Å²) in [4.78, 5) is 12.6. The maximum Gasteiger partial charge on any atom is 0.237 e. The number of aromatic nitrogens is 4. The molecule has 0 spiro atoms. The number of amides is 1. The van der Waals surface area contributed by atoms with E-state index in [1.54, 1.807) is 13.2 Å². The third kappa shape index (κ3) is 5.14. The lowest BCUT2D eigenvalue weighted by molar-refractivity contribution is -0.113. The van der Waals surface area contributed by atoms with Crippen LogP contribution < -0.4 is 10.1 Å². The van der Waals surface area contributed by atoms with Gasteiger partial charge in [0.2, 0.25) is 11.8 Å². The van der Waals surface area contributed by atoms with Gasteiger partial charge in [0.15, 0.2) is 11.0 Å². The highest BCUT2D eigenvalue weighted by Crippen LogP contribution is 2.33. The molecule has 9 heteroatoms. The minimum Gasteiger partial charge on any atom is -0.496 e. The molecular formula is C25H27N5O3S. The van der Waals surface area contributed by atoms with Gasteiger partial charge in [0.05, 0.1) is 24.1 Å². The summed E-state index contributed by atoms with van der Waals surface area (Å²) >= 11 is 1.29. The second-order valence-corrected chi connectivity index (χ2v) is 9.78. The van der Waals surface area contributed by atoms with Gasteiger partial charge in [-0.15, -0.1) is 10.2 Å². The first-order valence-electron chi connectivity index (χ1n) is 10.8. The molecule has 0 aliphatic heterocycles. The summed E-state index contributed by atoms with van der Waals surface area (Å²) in [5.41, 5.74) is 3.46. The van der Waals surface area contributed by atoms with Crippen molar-refractivity contribution in [3.63, 3.8) is 0 Å². The average Bonchev–Trinajstić information content (AvgIpc) is 3.45. The Labute approximate surface area is 202 Å². The smallest absolute Gasteiger partial charge is 0.237 e. The van der Waals surface area contributed by atoms with Crippen molar-refractivity contribution in [1.82, 2.24) is 19.9 Å². The van der Waals surface area contributed by atoms with E-state index in [1.165, 1.54) is 11.8 Å². The lowest BCUT2D eigenvalue weighted by Crippen LogP contribution is -2.14. The number of hydrogen-bond acceptors (Lipinski definition) is 7. The van der Waals surface area contributed by atoms with Gasteiger partial charge >= 0.3 is 0 Å². The van der Waals surface area contributed by atoms with Gasteiger partial charge in [-0.1, -0.05) is 67.5 Å². The molecule has 34 heavy (non-hydrogen) atoms. The molecule has 1 N–H and O–H groups in total. The standard InChI is InChI=1S/C25H27N5O3S/c1-16-10-12-17(13-11-16)30-23(18-8-6-7-9-19(18)32-5)27-28-24(30)34-15-21(31)26-22-14-20(29-33-22)25(2,3)4/h6-14H,15H2,1-5H3,(H,26,31). The second kappa shape index (κ2) is 9.72. The van der Waals surface area contributed by atoms with E-state index in [0.717, 1.165) is 22.5 Å². The fourth-order valence-electron chi connectivity index (χ4n) is 3.29. The lowest BCUT2D eigenvalue weighted by atomic mass is 9.92. The Morgan fingerprint density at radius 3 is 2.53 bits per heavy atom. The molecular weight excluding hydrogens is 450 g/mol. The van der Waals surface area contributed by atoms with E-state index >= 15 is 0 Å². The van der Waals surface area contributed by atoms with E-state index in [1.807, 2.05) is 80.8 Å². The molecule has 8 nitrogen and oxygen atoms in total. The summed E-state index contributed by atoms with van der Waals surface area (Å²) in [5.74, 6) is 1.55. The van der Waals surface area contributed by atoms with Crippen molar-refractivity contribution in [2.75, 3.05) is 18.2 Å². The Morgan fingerprint density at radius 2 is 1.85 bits per heavy atom. The topological polar surface area (TPSA) is 95.1 Å². The van der Waals surface area contributed by atoms with Crippen molar-refractivity contribution in [3.8, 4) is 22.8 Å². The number of carbonyl (C=O) groups excluding carboxylic acids is 1. The molecule has 0 fully saturated rings. The molecule has 2 heterocycles. The number of benzene rings is 2. The average molecular weight is 478 g/mol. The minimum absolute atomic E-state index is 0.126. The number of anilines is 1. The van der Waals surface area contributed by atoms with E-state index in [0.29, 0.717) is 22.6 Å². The monoisotopic (exact) mass is 477 g/mol. The fraction of sp³-hybridized carbons (Fsp3) is 0.280. The predicted octanol–water partition coefficient (Wildman–Crippen LogP) is 5.27. The third-order valence-electron chi connectivity index (χ3n) is 5.15. The number of aryl methyl sites for hydroxylation is 1. The Morgan fingerprint density at radius 1 is 1.12 bits per heavy atom. The summed E-state index contributed by atoms with van der Waals surface area (Å²) in [6, 6.07) is 17.5. The van der Waals surface area contributed by atoms with Gasteiger partial charge < -0.3 is 9.26 Å². The Kier molecular flexibility index (Phi) is 6.74. The van der Waals surface area contributed by atoms with Crippen LogP contribution in [0.25, 0.3) is 17.1 Å². The molecule has 1 amide bonds. The molecule has 0 aliphatic carbocycles. The molecule has 4 aromatic rings. The van der Waals surface area contributed by atoms with Crippen molar-refractivity contribution in [2.45, 2.75) is 38.3 Å². The normalized spacial score (nSPS) is 11.4. The zero-order chi connectivity index (χ0) is 24.3. The number of para-hydroxylation sites is 1. The molecule has 176 valence electrons. The molecule has 0 radical (unpaired) electrons. The summed E-state index contributed by atoms with van der Waals surface area (Å²) in [6.07, 6.45) is 0. The second-order valence-electron chi connectivity index (χ2n) is 8.84. The summed E-state index contributed by atoms with van der Waals surface area (Å²) in [5, 5.41) is 16.2. The van der Waals surface area contributed by atoms with Crippen LogP contribution in [-0.4, -0.2) is 38.7 Å². The third-order valence-corrected chi connectivity index (χ3v) is 6.08. The largest absolute Gasteiger partial charge is 0.496 e. The first-order chi connectivity index (χ1) is 16.3. The van der Waals surface area contributed by atoms with Crippen LogP contribution in [0.5, 0.6) is 5.75 Å². The molecule has 2 aromatic heterocycles. The molecule has 0 aliphatic rings. The van der Waals surface area contributed by atoms with Crippen LogP contribution in [0.2, 0.25) is 0 Å². The van der Waals surface area contributed by atoms with Gasteiger partial charge in [0, 0.05) is 17.2 Å². The van der Waals surface area contributed by atoms with Gasteiger partial charge in [0.25, 0.3) is 0 Å². The van der Waals surface area contributed by atoms with Gasteiger partial charge in [0.1, 0.15) is 5.75 Å². The number of thioether (sulfide) groups is 1. The molecule has 0 bridgehead atoms. The molecule has 0 saturated carbocycles. The van der Waals surface area contributed by atoms with Gasteiger partial charge in [-0.2, -0.15) is 0 Å². The number of carbonyl (C=O) groups is 1. The van der Waals surface area contributed by atoms with Crippen LogP contribution in [0.3, 0.4) is 0 Å². The van der Waals surface area contributed by atoms with Crippen LogP contribution in [0.1, 0.15) is 32.0 Å². The summed E-state index contributed by atoms with van der Waals surface area (Å²) in [7, 11) is 1.62. The van der Waals surface area contributed by atoms with E-state index in [-0.39, 0.29) is 17.1 Å². The van der Waals surface area contributed by atoms with Crippen molar-refractivity contribution >= 4 is 23.6 Å². The predicted molar refractivity (Wildman–Crippen MR) is 133 cm³/mol.